The van der Waals surface area contributed by atoms with Crippen LogP contribution in [-0.2, 0) is 0 Å². The predicted octanol–water partition coefficient (Wildman–Crippen LogP) is -0.268. The molecular weight excluding hydrogens is 186 g/mol. The van der Waals surface area contributed by atoms with E-state index in [0.29, 0.717) is 17.5 Å². The molecule has 76 valence electrons. The van der Waals surface area contributed by atoms with Crippen LogP contribution in [0.3, 0.4) is 0 Å². The van der Waals surface area contributed by atoms with Crippen molar-refractivity contribution in [1.29, 1.82) is 0 Å². The molecule has 1 heterocycles. The smallest absolute Gasteiger partial charge is 0.195 e. The Hall–Kier alpha value is -1.20. The van der Waals surface area contributed by atoms with Crippen LogP contribution in [0, 0.1) is 0 Å². The van der Waals surface area contributed by atoms with Crippen molar-refractivity contribution >= 4 is 0 Å². The first-order valence-electron chi connectivity index (χ1n) is 4.61. The monoisotopic (exact) mass is 197 g/mol. The summed E-state index contributed by atoms with van der Waals surface area (Å²) in [5.41, 5.74) is 1.15. The third-order valence-electron chi connectivity index (χ3n) is 3.46. The van der Waals surface area contributed by atoms with Gasteiger partial charge in [0.05, 0.1) is 12.2 Å². The van der Waals surface area contributed by atoms with E-state index in [9.17, 15) is 20.4 Å². The first-order chi connectivity index (χ1) is 6.61. The molecule has 2 aliphatic rings. The summed E-state index contributed by atoms with van der Waals surface area (Å²) in [6.07, 6.45) is -1.05. The molecule has 4 atom stereocenters. The van der Waals surface area contributed by atoms with Gasteiger partial charge in [-0.2, -0.15) is 0 Å². The largest absolute Gasteiger partial charge is 0.494 e. The Kier molecular flexibility index (Phi) is 1.30. The molecule has 0 aliphatic heterocycles. The van der Waals surface area contributed by atoms with Crippen LogP contribution in [0.25, 0.3) is 0 Å². The lowest BCUT2D eigenvalue weighted by molar-refractivity contribution is 0.0211. The second-order valence-corrected chi connectivity index (χ2v) is 4.08. The fraction of sp³-hybridized carbons (Fsp3) is 0.556. The minimum Gasteiger partial charge on any atom is -0.494 e. The highest BCUT2D eigenvalue weighted by molar-refractivity contribution is 5.55. The fourth-order valence-corrected chi connectivity index (χ4v) is 2.86. The van der Waals surface area contributed by atoms with Gasteiger partial charge < -0.3 is 20.4 Å². The van der Waals surface area contributed by atoms with Gasteiger partial charge in [0.25, 0.3) is 0 Å². The van der Waals surface area contributed by atoms with Crippen LogP contribution in [-0.4, -0.2) is 37.6 Å². The number of nitrogens with one attached hydrogen (secondary N) is 1. The van der Waals surface area contributed by atoms with Crippen molar-refractivity contribution in [2.75, 3.05) is 0 Å². The van der Waals surface area contributed by atoms with Crippen LogP contribution in [0.4, 0.5) is 0 Å². The fourth-order valence-electron chi connectivity index (χ4n) is 2.86. The van der Waals surface area contributed by atoms with E-state index < -0.39 is 12.2 Å². The van der Waals surface area contributed by atoms with Crippen molar-refractivity contribution in [1.82, 2.24) is 4.98 Å². The molecule has 2 bridgehead atoms. The van der Waals surface area contributed by atoms with Crippen molar-refractivity contribution in [2.45, 2.75) is 30.5 Å². The normalized spacial score (nSPS) is 39.0. The predicted molar refractivity (Wildman–Crippen MR) is 46.2 cm³/mol. The maximum Gasteiger partial charge on any atom is 0.195 e. The second-order valence-electron chi connectivity index (χ2n) is 4.08. The Morgan fingerprint density at radius 3 is 1.79 bits per heavy atom. The van der Waals surface area contributed by atoms with Gasteiger partial charge in [0.15, 0.2) is 11.8 Å². The quantitative estimate of drug-likeness (QED) is 0.395. The number of fused-ring (bicyclic) bond motifs is 5. The summed E-state index contributed by atoms with van der Waals surface area (Å²) in [5, 5.41) is 38.2. The molecule has 1 saturated carbocycles. The summed E-state index contributed by atoms with van der Waals surface area (Å²) in [7, 11) is 0. The first-order valence-corrected chi connectivity index (χ1v) is 4.61. The van der Waals surface area contributed by atoms with Crippen molar-refractivity contribution in [3.05, 3.63) is 11.1 Å². The highest BCUT2D eigenvalue weighted by Crippen LogP contribution is 2.58. The standard InChI is InChI=1S/C9H11NO4/c11-6-2-1-3(7(6)12)5-4(2)8(13)10-9(5)14/h2-3,6-7,10-14H,1H2/t2?,3?,6-,7?/m0/s1. The van der Waals surface area contributed by atoms with Crippen LogP contribution in [0.15, 0.2) is 0 Å². The molecule has 0 radical (unpaired) electrons. The lowest BCUT2D eigenvalue weighted by Gasteiger charge is -2.22. The molecule has 5 nitrogen and oxygen atoms in total. The van der Waals surface area contributed by atoms with E-state index in [2.05, 4.69) is 4.98 Å². The Bertz CT molecular complexity index is 365. The molecule has 1 aromatic rings. The van der Waals surface area contributed by atoms with Gasteiger partial charge in [-0.3, -0.25) is 4.98 Å². The van der Waals surface area contributed by atoms with E-state index in [1.165, 1.54) is 0 Å². The van der Waals surface area contributed by atoms with Crippen LogP contribution in [0.5, 0.6) is 11.8 Å². The lowest BCUT2D eigenvalue weighted by atomic mass is 9.90. The minimum absolute atomic E-state index is 0.0871. The van der Waals surface area contributed by atoms with E-state index in [1.54, 1.807) is 0 Å². The van der Waals surface area contributed by atoms with E-state index in [4.69, 9.17) is 0 Å². The topological polar surface area (TPSA) is 96.7 Å². The highest BCUT2D eigenvalue weighted by atomic mass is 16.3. The molecular formula is C9H11NO4. The Morgan fingerprint density at radius 1 is 0.929 bits per heavy atom. The summed E-state index contributed by atoms with van der Waals surface area (Å²) in [6, 6.07) is 0. The molecule has 5 N–H and O–H groups in total. The molecule has 0 spiro atoms. The summed E-state index contributed by atoms with van der Waals surface area (Å²) in [4.78, 5) is 2.41. The van der Waals surface area contributed by atoms with Crippen LogP contribution < -0.4 is 0 Å². The van der Waals surface area contributed by atoms with E-state index in [1.807, 2.05) is 0 Å². The summed E-state index contributed by atoms with van der Waals surface area (Å²) >= 11 is 0. The van der Waals surface area contributed by atoms with E-state index in [0.717, 1.165) is 0 Å². The zero-order valence-electron chi connectivity index (χ0n) is 7.31. The van der Waals surface area contributed by atoms with Gasteiger partial charge in [-0.05, 0) is 6.42 Å². The third kappa shape index (κ3) is 0.689. The maximum atomic E-state index is 9.61. The molecule has 14 heavy (non-hydrogen) atoms. The Balaban J connectivity index is 2.21. The maximum absolute atomic E-state index is 9.61. The average molecular weight is 197 g/mol. The van der Waals surface area contributed by atoms with Gasteiger partial charge in [-0.15, -0.1) is 0 Å². The van der Waals surface area contributed by atoms with Gasteiger partial charge in [-0.25, -0.2) is 0 Å². The summed E-state index contributed by atoms with van der Waals surface area (Å²) in [5.74, 6) is -0.670. The first kappa shape index (κ1) is 8.14. The average Bonchev–Trinajstić information content (AvgIpc) is 2.71. The van der Waals surface area contributed by atoms with Crippen LogP contribution >= 0.6 is 0 Å². The lowest BCUT2D eigenvalue weighted by Crippen LogP contribution is -2.30. The van der Waals surface area contributed by atoms with E-state index >= 15 is 0 Å². The van der Waals surface area contributed by atoms with Gasteiger partial charge in [0.2, 0.25) is 0 Å². The molecule has 0 saturated heterocycles. The third-order valence-corrected chi connectivity index (χ3v) is 3.46. The zero-order valence-corrected chi connectivity index (χ0v) is 7.31. The molecule has 3 unspecified atom stereocenters. The zero-order chi connectivity index (χ0) is 10.0. The van der Waals surface area contributed by atoms with Crippen LogP contribution in [0.1, 0.15) is 29.4 Å². The number of aliphatic hydroxyl groups excluding tert-OH is 2. The molecule has 1 fully saturated rings. The Morgan fingerprint density at radius 2 is 1.36 bits per heavy atom. The van der Waals surface area contributed by atoms with Crippen molar-refractivity contribution in [3.8, 4) is 11.8 Å². The number of hydrogen-bond donors (Lipinski definition) is 5. The molecule has 2 aliphatic carbocycles. The Labute approximate surface area is 79.6 Å². The number of aromatic amines is 1. The van der Waals surface area contributed by atoms with Gasteiger partial charge in [0.1, 0.15) is 0 Å². The molecule has 3 rings (SSSR count). The molecule has 0 aromatic carbocycles. The molecule has 5 heteroatoms. The van der Waals surface area contributed by atoms with Crippen molar-refractivity contribution in [2.24, 2.45) is 0 Å². The van der Waals surface area contributed by atoms with Crippen LogP contribution in [0.2, 0.25) is 0 Å². The number of aromatic hydroxyl groups is 2. The van der Waals surface area contributed by atoms with Gasteiger partial charge in [0, 0.05) is 23.0 Å². The summed E-state index contributed by atoms with van der Waals surface area (Å²) in [6.45, 7) is 0. The van der Waals surface area contributed by atoms with Crippen molar-refractivity contribution in [3.63, 3.8) is 0 Å². The molecule has 1 aromatic heterocycles. The number of rotatable bonds is 0. The van der Waals surface area contributed by atoms with Crippen molar-refractivity contribution < 1.29 is 20.4 Å². The number of aromatic nitrogens is 1. The second kappa shape index (κ2) is 2.24. The number of hydrogen-bond acceptors (Lipinski definition) is 4. The number of H-pyrrole nitrogens is 1. The van der Waals surface area contributed by atoms with Gasteiger partial charge in [-0.1, -0.05) is 0 Å². The molecule has 0 amide bonds. The van der Waals surface area contributed by atoms with Gasteiger partial charge >= 0.3 is 0 Å². The SMILES string of the molecule is Oc1[nH]c(O)c2c1C1CC2[C@H](O)C1O. The highest BCUT2D eigenvalue weighted by Gasteiger charge is 2.53. The minimum atomic E-state index is -0.825. The number of aliphatic hydroxyl groups is 2. The van der Waals surface area contributed by atoms with E-state index in [-0.39, 0.29) is 23.6 Å². The summed E-state index contributed by atoms with van der Waals surface area (Å²) < 4.78 is 0.